The highest BCUT2D eigenvalue weighted by molar-refractivity contribution is 5.71. The van der Waals surface area contributed by atoms with E-state index in [0.717, 1.165) is 11.3 Å². The van der Waals surface area contributed by atoms with Crippen LogP contribution in [0, 0.1) is 5.92 Å². The summed E-state index contributed by atoms with van der Waals surface area (Å²) in [4.78, 5) is 10.8. The fourth-order valence-electron chi connectivity index (χ4n) is 1.75. The van der Waals surface area contributed by atoms with Gasteiger partial charge in [-0.2, -0.15) is 5.10 Å². The number of fused-ring (bicyclic) bond motifs is 1. The van der Waals surface area contributed by atoms with Crippen molar-refractivity contribution in [1.29, 1.82) is 0 Å². The van der Waals surface area contributed by atoms with Gasteiger partial charge in [-0.3, -0.25) is 4.79 Å². The molecule has 74 valence electrons. The standard InChI is InChI=1S/C9H11N3O2/c10-8-4-6-3-5(9(13)14)1-2-7(6)11-12-8/h4-5H,1-3H2,(H2,10,12)(H,13,14)/t5-/m0/s1. The maximum Gasteiger partial charge on any atom is 0.306 e. The predicted molar refractivity (Wildman–Crippen MR) is 49.6 cm³/mol. The maximum atomic E-state index is 10.8. The summed E-state index contributed by atoms with van der Waals surface area (Å²) in [5.74, 6) is -0.688. The smallest absolute Gasteiger partial charge is 0.306 e. The van der Waals surface area contributed by atoms with Crippen LogP contribution in [0.15, 0.2) is 6.07 Å². The fraction of sp³-hybridized carbons (Fsp3) is 0.444. The van der Waals surface area contributed by atoms with Crippen molar-refractivity contribution in [3.8, 4) is 0 Å². The SMILES string of the molecule is Nc1cc2c(nn1)CC[C@H](C(=O)O)C2. The van der Waals surface area contributed by atoms with E-state index in [1.807, 2.05) is 0 Å². The molecule has 0 amide bonds. The zero-order valence-electron chi connectivity index (χ0n) is 7.60. The summed E-state index contributed by atoms with van der Waals surface area (Å²) in [5.41, 5.74) is 7.30. The zero-order chi connectivity index (χ0) is 10.1. The molecule has 1 heterocycles. The van der Waals surface area contributed by atoms with E-state index in [1.165, 1.54) is 0 Å². The number of nitrogens with zero attached hydrogens (tertiary/aromatic N) is 2. The number of carboxylic acid groups (broad SMARTS) is 1. The minimum atomic E-state index is -0.744. The summed E-state index contributed by atoms with van der Waals surface area (Å²) < 4.78 is 0. The first-order valence-corrected chi connectivity index (χ1v) is 4.50. The highest BCUT2D eigenvalue weighted by atomic mass is 16.4. The van der Waals surface area contributed by atoms with E-state index in [2.05, 4.69) is 10.2 Å². The van der Waals surface area contributed by atoms with Gasteiger partial charge >= 0.3 is 5.97 Å². The van der Waals surface area contributed by atoms with Crippen molar-refractivity contribution in [2.24, 2.45) is 5.92 Å². The molecule has 0 aliphatic heterocycles. The Morgan fingerprint density at radius 2 is 2.36 bits per heavy atom. The monoisotopic (exact) mass is 193 g/mol. The summed E-state index contributed by atoms with van der Waals surface area (Å²) in [6.45, 7) is 0. The molecule has 1 aliphatic carbocycles. The van der Waals surface area contributed by atoms with Crippen LogP contribution in [-0.2, 0) is 17.6 Å². The first kappa shape index (κ1) is 8.93. The number of hydrogen-bond donors (Lipinski definition) is 2. The van der Waals surface area contributed by atoms with Crippen molar-refractivity contribution in [1.82, 2.24) is 10.2 Å². The molecule has 5 heteroatoms. The second-order valence-corrected chi connectivity index (χ2v) is 3.52. The van der Waals surface area contributed by atoms with Crippen LogP contribution >= 0.6 is 0 Å². The van der Waals surface area contributed by atoms with Crippen LogP contribution in [-0.4, -0.2) is 21.3 Å². The molecule has 0 saturated carbocycles. The topological polar surface area (TPSA) is 89.1 Å². The number of anilines is 1. The molecule has 1 aromatic rings. The number of carbonyl (C=O) groups is 1. The van der Waals surface area contributed by atoms with Crippen LogP contribution in [0.3, 0.4) is 0 Å². The van der Waals surface area contributed by atoms with Crippen molar-refractivity contribution in [2.75, 3.05) is 5.73 Å². The quantitative estimate of drug-likeness (QED) is 0.667. The normalized spacial score (nSPS) is 20.1. The average Bonchev–Trinajstić information content (AvgIpc) is 2.16. The van der Waals surface area contributed by atoms with E-state index in [0.29, 0.717) is 25.1 Å². The number of carboxylic acids is 1. The van der Waals surface area contributed by atoms with Gasteiger partial charge in [-0.25, -0.2) is 0 Å². The summed E-state index contributed by atoms with van der Waals surface area (Å²) in [6, 6.07) is 1.72. The summed E-state index contributed by atoms with van der Waals surface area (Å²) in [7, 11) is 0. The summed E-state index contributed by atoms with van der Waals surface area (Å²) in [5, 5.41) is 16.6. The molecule has 3 N–H and O–H groups in total. The van der Waals surface area contributed by atoms with E-state index >= 15 is 0 Å². The molecule has 0 radical (unpaired) electrons. The van der Waals surface area contributed by atoms with Gasteiger partial charge in [0.05, 0.1) is 11.6 Å². The summed E-state index contributed by atoms with van der Waals surface area (Å²) >= 11 is 0. The van der Waals surface area contributed by atoms with Crippen LogP contribution in [0.25, 0.3) is 0 Å². The second kappa shape index (κ2) is 3.25. The third-order valence-corrected chi connectivity index (χ3v) is 2.52. The van der Waals surface area contributed by atoms with E-state index in [-0.39, 0.29) is 5.92 Å². The number of aliphatic carboxylic acids is 1. The first-order valence-electron chi connectivity index (χ1n) is 4.50. The molecule has 14 heavy (non-hydrogen) atoms. The lowest BCUT2D eigenvalue weighted by molar-refractivity contribution is -0.142. The molecule has 1 aliphatic rings. The number of nitrogens with two attached hydrogens (primary N) is 1. The molecule has 5 nitrogen and oxygen atoms in total. The van der Waals surface area contributed by atoms with Gasteiger partial charge in [0.2, 0.25) is 0 Å². The largest absolute Gasteiger partial charge is 0.481 e. The van der Waals surface area contributed by atoms with Gasteiger partial charge in [-0.15, -0.1) is 5.10 Å². The Morgan fingerprint density at radius 1 is 1.57 bits per heavy atom. The molecule has 0 unspecified atom stereocenters. The first-order chi connectivity index (χ1) is 6.66. The molecule has 0 fully saturated rings. The lowest BCUT2D eigenvalue weighted by Gasteiger charge is -2.19. The van der Waals surface area contributed by atoms with Gasteiger partial charge in [0.25, 0.3) is 0 Å². The molecule has 0 bridgehead atoms. The molecular formula is C9H11N3O2. The maximum absolute atomic E-state index is 10.8. The second-order valence-electron chi connectivity index (χ2n) is 3.52. The van der Waals surface area contributed by atoms with Crippen molar-refractivity contribution in [3.63, 3.8) is 0 Å². The zero-order valence-corrected chi connectivity index (χ0v) is 7.60. The van der Waals surface area contributed by atoms with Gasteiger partial charge in [0.15, 0.2) is 0 Å². The van der Waals surface area contributed by atoms with E-state index in [1.54, 1.807) is 6.07 Å². The predicted octanol–water partition coefficient (Wildman–Crippen LogP) is 0.248. The Bertz CT molecular complexity index is 378. The van der Waals surface area contributed by atoms with Crippen LogP contribution in [0.4, 0.5) is 5.82 Å². The lowest BCUT2D eigenvalue weighted by atomic mass is 9.87. The lowest BCUT2D eigenvalue weighted by Crippen LogP contribution is -2.23. The highest BCUT2D eigenvalue weighted by Crippen LogP contribution is 2.24. The van der Waals surface area contributed by atoms with Crippen molar-refractivity contribution < 1.29 is 9.90 Å². The number of aromatic nitrogens is 2. The Hall–Kier alpha value is -1.65. The van der Waals surface area contributed by atoms with Crippen molar-refractivity contribution >= 4 is 11.8 Å². The van der Waals surface area contributed by atoms with Crippen molar-refractivity contribution in [3.05, 3.63) is 17.3 Å². The molecule has 1 atom stereocenters. The van der Waals surface area contributed by atoms with Crippen LogP contribution in [0.1, 0.15) is 17.7 Å². The number of rotatable bonds is 1. The Morgan fingerprint density at radius 3 is 3.07 bits per heavy atom. The molecule has 2 rings (SSSR count). The molecule has 0 aromatic carbocycles. The van der Waals surface area contributed by atoms with Gasteiger partial charge in [0.1, 0.15) is 5.82 Å². The van der Waals surface area contributed by atoms with E-state index < -0.39 is 5.97 Å². The number of hydrogen-bond acceptors (Lipinski definition) is 4. The molecule has 1 aromatic heterocycles. The number of aryl methyl sites for hydroxylation is 1. The Kier molecular flexibility index (Phi) is 2.07. The van der Waals surface area contributed by atoms with Gasteiger partial charge in [-0.1, -0.05) is 0 Å². The third-order valence-electron chi connectivity index (χ3n) is 2.52. The van der Waals surface area contributed by atoms with Crippen LogP contribution in [0.2, 0.25) is 0 Å². The van der Waals surface area contributed by atoms with Crippen LogP contribution < -0.4 is 5.73 Å². The van der Waals surface area contributed by atoms with E-state index in [9.17, 15) is 4.79 Å². The van der Waals surface area contributed by atoms with Crippen molar-refractivity contribution in [2.45, 2.75) is 19.3 Å². The Labute approximate surface area is 81.0 Å². The molecule has 0 saturated heterocycles. The van der Waals surface area contributed by atoms with Gasteiger partial charge < -0.3 is 10.8 Å². The number of nitrogen functional groups attached to an aromatic ring is 1. The minimum Gasteiger partial charge on any atom is -0.481 e. The highest BCUT2D eigenvalue weighted by Gasteiger charge is 2.25. The van der Waals surface area contributed by atoms with E-state index in [4.69, 9.17) is 10.8 Å². The van der Waals surface area contributed by atoms with Crippen LogP contribution in [0.5, 0.6) is 0 Å². The fourth-order valence-corrected chi connectivity index (χ4v) is 1.75. The molecule has 0 spiro atoms. The van der Waals surface area contributed by atoms with Gasteiger partial charge in [-0.05, 0) is 30.9 Å². The Balaban J connectivity index is 2.29. The summed E-state index contributed by atoms with van der Waals surface area (Å²) in [6.07, 6.45) is 1.84. The molecular weight excluding hydrogens is 182 g/mol. The third kappa shape index (κ3) is 1.53. The average molecular weight is 193 g/mol. The minimum absolute atomic E-state index is 0.300. The van der Waals surface area contributed by atoms with Gasteiger partial charge in [0, 0.05) is 0 Å².